The number of aliphatic imine (C=N–C) groups is 2. The summed E-state index contributed by atoms with van der Waals surface area (Å²) in [6.07, 6.45) is 1.26. The van der Waals surface area contributed by atoms with E-state index < -0.39 is 11.9 Å². The Morgan fingerprint density at radius 1 is 1.39 bits per heavy atom. The number of aliphatic hydroxyl groups excluding tert-OH is 1. The highest BCUT2D eigenvalue weighted by Gasteiger charge is 2.26. The zero-order valence-electron chi connectivity index (χ0n) is 17.3. The van der Waals surface area contributed by atoms with Crippen LogP contribution in [0.5, 0.6) is 5.75 Å². The Kier molecular flexibility index (Phi) is 5.72. The van der Waals surface area contributed by atoms with Gasteiger partial charge in [0.2, 0.25) is 0 Å². The quantitative estimate of drug-likeness (QED) is 0.343. The van der Waals surface area contributed by atoms with Crippen LogP contribution in [0, 0.1) is 19.7 Å². The van der Waals surface area contributed by atoms with Gasteiger partial charge in [0, 0.05) is 47.5 Å². The third kappa shape index (κ3) is 4.58. The number of likely N-dealkylation sites (tertiary alicyclic amines) is 1. The zero-order chi connectivity index (χ0) is 22.0. The number of anilines is 1. The maximum absolute atomic E-state index is 14.7. The molecule has 1 aliphatic heterocycles. The van der Waals surface area contributed by atoms with Crippen molar-refractivity contribution >= 4 is 29.3 Å². The minimum Gasteiger partial charge on any atom is -0.468 e. The first-order chi connectivity index (χ1) is 14.9. The SMILES string of the molecule is C=N/C(=C\C(=N/COc1ccc2[nH]c(C)cc2c1F)N1CC(O)C1)Nc1cc(C)[nH]n1. The Bertz CT molecular complexity index is 1160. The normalized spacial score (nSPS) is 15.3. The lowest BCUT2D eigenvalue weighted by Gasteiger charge is -2.37. The van der Waals surface area contributed by atoms with Crippen molar-refractivity contribution in [3.63, 3.8) is 0 Å². The number of aliphatic hydroxyl groups is 1. The van der Waals surface area contributed by atoms with Crippen LogP contribution in [-0.2, 0) is 0 Å². The topological polar surface area (TPSA) is 114 Å². The molecule has 0 atom stereocenters. The fraction of sp³-hybridized carbons (Fsp3) is 0.286. The molecule has 1 aromatic carbocycles. The average molecular weight is 425 g/mol. The molecule has 10 heteroatoms. The molecule has 0 saturated carbocycles. The molecule has 0 aliphatic carbocycles. The van der Waals surface area contributed by atoms with Gasteiger partial charge in [-0.25, -0.2) is 14.4 Å². The summed E-state index contributed by atoms with van der Waals surface area (Å²) in [5.41, 5.74) is 2.48. The lowest BCUT2D eigenvalue weighted by molar-refractivity contribution is 0.0468. The highest BCUT2D eigenvalue weighted by molar-refractivity contribution is 5.94. The summed E-state index contributed by atoms with van der Waals surface area (Å²) >= 11 is 0. The smallest absolute Gasteiger partial charge is 0.181 e. The maximum Gasteiger partial charge on any atom is 0.181 e. The number of aromatic amines is 2. The minimum atomic E-state index is -0.433. The summed E-state index contributed by atoms with van der Waals surface area (Å²) < 4.78 is 20.3. The molecule has 9 nitrogen and oxygen atoms in total. The number of hydrogen-bond donors (Lipinski definition) is 4. The summed E-state index contributed by atoms with van der Waals surface area (Å²) in [5.74, 6) is 1.24. The minimum absolute atomic E-state index is 0.101. The molecule has 0 radical (unpaired) electrons. The molecule has 2 aromatic heterocycles. The van der Waals surface area contributed by atoms with E-state index in [0.29, 0.717) is 41.5 Å². The molecule has 162 valence electrons. The number of aromatic nitrogens is 3. The van der Waals surface area contributed by atoms with Gasteiger partial charge in [-0.05, 0) is 38.8 Å². The van der Waals surface area contributed by atoms with Crippen LogP contribution in [-0.4, -0.2) is 63.7 Å². The van der Waals surface area contributed by atoms with Crippen molar-refractivity contribution in [3.8, 4) is 5.75 Å². The molecule has 0 bridgehead atoms. The van der Waals surface area contributed by atoms with Gasteiger partial charge in [-0.3, -0.25) is 5.10 Å². The third-order valence-corrected chi connectivity index (χ3v) is 4.87. The summed E-state index contributed by atoms with van der Waals surface area (Å²) in [7, 11) is 0. The number of nitrogens with one attached hydrogen (secondary N) is 3. The molecule has 1 saturated heterocycles. The van der Waals surface area contributed by atoms with E-state index in [-0.39, 0.29) is 12.5 Å². The predicted octanol–water partition coefficient (Wildman–Crippen LogP) is 2.71. The van der Waals surface area contributed by atoms with Gasteiger partial charge >= 0.3 is 0 Å². The first kappa shape index (κ1) is 20.6. The summed E-state index contributed by atoms with van der Waals surface area (Å²) in [6.45, 7) is 8.11. The average Bonchev–Trinajstić information content (AvgIpc) is 3.30. The number of fused-ring (bicyclic) bond motifs is 1. The van der Waals surface area contributed by atoms with Crippen molar-refractivity contribution in [2.75, 3.05) is 25.1 Å². The number of β-amino-alcohol motifs (C(OH)–C–C–N with tert-alkyl or cyclic N) is 1. The van der Waals surface area contributed by atoms with E-state index in [1.807, 2.05) is 24.8 Å². The number of aryl methyl sites for hydroxylation is 2. The summed E-state index contributed by atoms with van der Waals surface area (Å²) in [5, 5.41) is 20.1. The molecular formula is C21H24FN7O2. The van der Waals surface area contributed by atoms with E-state index in [4.69, 9.17) is 4.74 Å². The molecular weight excluding hydrogens is 401 g/mol. The largest absolute Gasteiger partial charge is 0.468 e. The highest BCUT2D eigenvalue weighted by atomic mass is 19.1. The van der Waals surface area contributed by atoms with Gasteiger partial charge in [-0.2, -0.15) is 5.10 Å². The van der Waals surface area contributed by atoms with Gasteiger partial charge in [0.15, 0.2) is 24.1 Å². The molecule has 4 rings (SSSR count). The molecule has 0 unspecified atom stereocenters. The number of amidine groups is 1. The predicted molar refractivity (Wildman–Crippen MR) is 118 cm³/mol. The fourth-order valence-electron chi connectivity index (χ4n) is 3.30. The highest BCUT2D eigenvalue weighted by Crippen LogP contribution is 2.27. The molecule has 0 spiro atoms. The summed E-state index contributed by atoms with van der Waals surface area (Å²) in [6, 6.07) is 6.91. The third-order valence-electron chi connectivity index (χ3n) is 4.87. The molecule has 1 fully saturated rings. The van der Waals surface area contributed by atoms with Crippen LogP contribution >= 0.6 is 0 Å². The van der Waals surface area contributed by atoms with Crippen LogP contribution in [0.1, 0.15) is 11.4 Å². The van der Waals surface area contributed by atoms with Gasteiger partial charge in [-0.15, -0.1) is 0 Å². The first-order valence-electron chi connectivity index (χ1n) is 9.78. The van der Waals surface area contributed by atoms with Gasteiger partial charge in [0.05, 0.1) is 6.10 Å². The Labute approximate surface area is 178 Å². The van der Waals surface area contributed by atoms with Gasteiger partial charge in [0.1, 0.15) is 11.7 Å². The van der Waals surface area contributed by atoms with Crippen LogP contribution in [0.25, 0.3) is 10.9 Å². The van der Waals surface area contributed by atoms with E-state index in [1.165, 1.54) is 0 Å². The van der Waals surface area contributed by atoms with Crippen molar-refractivity contribution in [2.24, 2.45) is 9.98 Å². The van der Waals surface area contributed by atoms with E-state index in [0.717, 1.165) is 11.4 Å². The van der Waals surface area contributed by atoms with Crippen LogP contribution in [0.2, 0.25) is 0 Å². The number of halogens is 1. The Morgan fingerprint density at radius 2 is 2.19 bits per heavy atom. The number of nitrogens with zero attached hydrogens (tertiary/aromatic N) is 4. The summed E-state index contributed by atoms with van der Waals surface area (Å²) in [4.78, 5) is 13.4. The first-order valence-corrected chi connectivity index (χ1v) is 9.78. The number of benzene rings is 1. The molecule has 4 N–H and O–H groups in total. The molecule has 1 aliphatic rings. The second kappa shape index (κ2) is 8.60. The number of ether oxygens (including phenoxy) is 1. The number of hydrogen-bond acceptors (Lipinski definition) is 6. The fourth-order valence-corrected chi connectivity index (χ4v) is 3.30. The Hall–Kier alpha value is -3.66. The number of rotatable bonds is 7. The van der Waals surface area contributed by atoms with Crippen molar-refractivity contribution in [3.05, 3.63) is 53.4 Å². The van der Waals surface area contributed by atoms with Gasteiger partial charge in [-0.1, -0.05) is 0 Å². The van der Waals surface area contributed by atoms with E-state index in [1.54, 1.807) is 24.3 Å². The van der Waals surface area contributed by atoms with Crippen LogP contribution in [0.15, 0.2) is 46.1 Å². The van der Waals surface area contributed by atoms with E-state index >= 15 is 0 Å². The second-order valence-corrected chi connectivity index (χ2v) is 7.39. The van der Waals surface area contributed by atoms with Crippen LogP contribution in [0.4, 0.5) is 10.2 Å². The monoisotopic (exact) mass is 425 g/mol. The molecule has 0 amide bonds. The van der Waals surface area contributed by atoms with Crippen molar-refractivity contribution in [2.45, 2.75) is 20.0 Å². The lowest BCUT2D eigenvalue weighted by atomic mass is 10.1. The van der Waals surface area contributed by atoms with Crippen LogP contribution < -0.4 is 10.1 Å². The lowest BCUT2D eigenvalue weighted by Crippen LogP contribution is -2.53. The van der Waals surface area contributed by atoms with Crippen LogP contribution in [0.3, 0.4) is 0 Å². The van der Waals surface area contributed by atoms with Gasteiger partial charge in [0.25, 0.3) is 0 Å². The Balaban J connectivity index is 1.52. The maximum atomic E-state index is 14.7. The second-order valence-electron chi connectivity index (χ2n) is 7.39. The van der Waals surface area contributed by atoms with E-state index in [9.17, 15) is 9.50 Å². The van der Waals surface area contributed by atoms with E-state index in [2.05, 4.69) is 37.2 Å². The molecule has 3 heterocycles. The van der Waals surface area contributed by atoms with Crippen molar-refractivity contribution < 1.29 is 14.2 Å². The number of H-pyrrole nitrogens is 2. The molecule has 31 heavy (non-hydrogen) atoms. The molecule has 3 aromatic rings. The van der Waals surface area contributed by atoms with Gasteiger partial charge < -0.3 is 25.0 Å². The standard InChI is InChI=1S/C21H24FN7O2/c1-12-6-15-16(25-12)4-5-17(21(15)22)31-11-24-20(29-9-14(30)10-29)8-18(23-3)26-19-7-13(2)27-28-19/h4-8,14,25,30H,3,9-11H2,1-2H3,(H2,26,27,28)/b18-8+,24-20+. The van der Waals surface area contributed by atoms with Crippen molar-refractivity contribution in [1.29, 1.82) is 0 Å². The Morgan fingerprint density at radius 3 is 2.87 bits per heavy atom. The van der Waals surface area contributed by atoms with Crippen molar-refractivity contribution in [1.82, 2.24) is 20.1 Å². The zero-order valence-corrected chi connectivity index (χ0v) is 17.3.